The second kappa shape index (κ2) is 8.82. The van der Waals surface area contributed by atoms with Gasteiger partial charge in [-0.2, -0.15) is 5.10 Å². The molecule has 2 rings (SSSR count). The number of nitrogens with zero attached hydrogens (tertiary/aromatic N) is 3. The molecule has 0 fully saturated rings. The molecule has 0 radical (unpaired) electrons. The Morgan fingerprint density at radius 3 is 2.91 bits per heavy atom. The SMILES string of the molecule is CN=C(NCCCn1cc(C)cn1)NCc1cccc(OC)c1. The Bertz CT molecular complexity index is 635. The molecule has 2 N–H and O–H groups in total. The molecular weight excluding hydrogens is 290 g/mol. The zero-order valence-electron chi connectivity index (χ0n) is 14.0. The third-order valence-corrected chi connectivity index (χ3v) is 3.44. The lowest BCUT2D eigenvalue weighted by Crippen LogP contribution is -2.37. The standard InChI is InChI=1S/C17H25N5O/c1-14-11-21-22(13-14)9-5-8-19-17(18-2)20-12-15-6-4-7-16(10-15)23-3/h4,6-7,10-11,13H,5,8-9,12H2,1-3H3,(H2,18,19,20). The minimum absolute atomic E-state index is 0.704. The van der Waals surface area contributed by atoms with Gasteiger partial charge < -0.3 is 15.4 Å². The largest absolute Gasteiger partial charge is 0.497 e. The molecule has 0 bridgehead atoms. The van der Waals surface area contributed by atoms with Crippen LogP contribution < -0.4 is 15.4 Å². The Morgan fingerprint density at radius 2 is 2.22 bits per heavy atom. The lowest BCUT2D eigenvalue weighted by atomic mass is 10.2. The van der Waals surface area contributed by atoms with Gasteiger partial charge in [0.2, 0.25) is 0 Å². The highest BCUT2D eigenvalue weighted by Crippen LogP contribution is 2.11. The fourth-order valence-corrected chi connectivity index (χ4v) is 2.23. The number of hydrogen-bond donors (Lipinski definition) is 2. The molecule has 23 heavy (non-hydrogen) atoms. The molecular formula is C17H25N5O. The van der Waals surface area contributed by atoms with E-state index in [-0.39, 0.29) is 0 Å². The third kappa shape index (κ3) is 5.65. The van der Waals surface area contributed by atoms with E-state index in [0.29, 0.717) is 6.54 Å². The first-order valence-electron chi connectivity index (χ1n) is 7.78. The topological polar surface area (TPSA) is 63.5 Å². The van der Waals surface area contributed by atoms with Gasteiger partial charge in [0.05, 0.1) is 13.3 Å². The molecule has 0 aliphatic carbocycles. The zero-order valence-corrected chi connectivity index (χ0v) is 14.0. The van der Waals surface area contributed by atoms with Crippen LogP contribution in [0.3, 0.4) is 0 Å². The second-order valence-electron chi connectivity index (χ2n) is 5.34. The molecule has 124 valence electrons. The third-order valence-electron chi connectivity index (χ3n) is 3.44. The van der Waals surface area contributed by atoms with E-state index < -0.39 is 0 Å². The van der Waals surface area contributed by atoms with E-state index in [1.165, 1.54) is 5.56 Å². The maximum Gasteiger partial charge on any atom is 0.191 e. The van der Waals surface area contributed by atoms with Gasteiger partial charge in [0.15, 0.2) is 5.96 Å². The van der Waals surface area contributed by atoms with Crippen molar-refractivity contribution >= 4 is 5.96 Å². The number of aromatic nitrogens is 2. The molecule has 1 aromatic carbocycles. The number of methoxy groups -OCH3 is 1. The summed E-state index contributed by atoms with van der Waals surface area (Å²) in [5.41, 5.74) is 2.34. The summed E-state index contributed by atoms with van der Waals surface area (Å²) < 4.78 is 7.19. The van der Waals surface area contributed by atoms with E-state index in [0.717, 1.165) is 36.8 Å². The molecule has 0 saturated heterocycles. The first-order valence-corrected chi connectivity index (χ1v) is 7.78. The minimum atomic E-state index is 0.704. The molecule has 2 aromatic rings. The Morgan fingerprint density at radius 1 is 1.35 bits per heavy atom. The van der Waals surface area contributed by atoms with Crippen molar-refractivity contribution in [3.8, 4) is 5.75 Å². The minimum Gasteiger partial charge on any atom is -0.497 e. The zero-order chi connectivity index (χ0) is 16.5. The lowest BCUT2D eigenvalue weighted by Gasteiger charge is -2.12. The summed E-state index contributed by atoms with van der Waals surface area (Å²) in [6, 6.07) is 7.99. The number of hydrogen-bond acceptors (Lipinski definition) is 3. The summed E-state index contributed by atoms with van der Waals surface area (Å²) in [6.45, 7) is 4.49. The number of nitrogens with one attached hydrogen (secondary N) is 2. The quantitative estimate of drug-likeness (QED) is 0.466. The van der Waals surface area contributed by atoms with Crippen molar-refractivity contribution in [3.63, 3.8) is 0 Å². The predicted molar refractivity (Wildman–Crippen MR) is 92.8 cm³/mol. The first-order chi connectivity index (χ1) is 11.2. The van der Waals surface area contributed by atoms with Crippen molar-refractivity contribution in [1.29, 1.82) is 0 Å². The number of guanidine groups is 1. The molecule has 6 nitrogen and oxygen atoms in total. The van der Waals surface area contributed by atoms with Crippen LogP contribution in [0.15, 0.2) is 41.7 Å². The molecule has 1 heterocycles. The van der Waals surface area contributed by atoms with Gasteiger partial charge in [0.1, 0.15) is 5.75 Å². The van der Waals surface area contributed by atoms with Crippen LogP contribution in [0.1, 0.15) is 17.5 Å². The van der Waals surface area contributed by atoms with Gasteiger partial charge in [0.25, 0.3) is 0 Å². The second-order valence-corrected chi connectivity index (χ2v) is 5.34. The number of aliphatic imine (C=N–C) groups is 1. The Labute approximate surface area is 137 Å². The summed E-state index contributed by atoms with van der Waals surface area (Å²) in [6.07, 6.45) is 4.92. The first kappa shape index (κ1) is 16.9. The summed E-state index contributed by atoms with van der Waals surface area (Å²) in [7, 11) is 3.45. The average molecular weight is 315 g/mol. The maximum atomic E-state index is 5.23. The van der Waals surface area contributed by atoms with Gasteiger partial charge in [-0.1, -0.05) is 12.1 Å². The smallest absolute Gasteiger partial charge is 0.191 e. The van der Waals surface area contributed by atoms with Crippen LogP contribution in [0.25, 0.3) is 0 Å². The van der Waals surface area contributed by atoms with Gasteiger partial charge in [-0.05, 0) is 36.6 Å². The van der Waals surface area contributed by atoms with Crippen molar-refractivity contribution in [3.05, 3.63) is 47.8 Å². The van der Waals surface area contributed by atoms with Crippen LogP contribution in [0.5, 0.6) is 5.75 Å². The summed E-state index contributed by atoms with van der Waals surface area (Å²) in [4.78, 5) is 4.24. The van der Waals surface area contributed by atoms with E-state index in [1.54, 1.807) is 14.2 Å². The Hall–Kier alpha value is -2.50. The molecule has 0 spiro atoms. The van der Waals surface area contributed by atoms with Gasteiger partial charge >= 0.3 is 0 Å². The fraction of sp³-hybridized carbons (Fsp3) is 0.412. The van der Waals surface area contributed by atoms with Crippen LogP contribution >= 0.6 is 0 Å². The summed E-state index contributed by atoms with van der Waals surface area (Å²) in [5.74, 6) is 1.66. The fourth-order valence-electron chi connectivity index (χ4n) is 2.23. The van der Waals surface area contributed by atoms with E-state index in [1.807, 2.05) is 36.0 Å². The summed E-state index contributed by atoms with van der Waals surface area (Å²) in [5, 5.41) is 10.9. The summed E-state index contributed by atoms with van der Waals surface area (Å²) >= 11 is 0. The highest BCUT2D eigenvalue weighted by Gasteiger charge is 2.00. The monoisotopic (exact) mass is 315 g/mol. The van der Waals surface area contributed by atoms with Crippen molar-refractivity contribution < 1.29 is 4.74 Å². The molecule has 0 unspecified atom stereocenters. The number of ether oxygens (including phenoxy) is 1. The molecule has 0 aliphatic rings. The molecule has 0 atom stereocenters. The molecule has 0 aliphatic heterocycles. The van der Waals surface area contributed by atoms with Gasteiger partial charge in [-0.3, -0.25) is 9.67 Å². The normalized spacial score (nSPS) is 11.3. The number of benzene rings is 1. The van der Waals surface area contributed by atoms with Gasteiger partial charge in [0, 0.05) is 32.9 Å². The van der Waals surface area contributed by atoms with Crippen LogP contribution in [0, 0.1) is 6.92 Å². The van der Waals surface area contributed by atoms with E-state index in [9.17, 15) is 0 Å². The number of aryl methyl sites for hydroxylation is 2. The van der Waals surface area contributed by atoms with Crippen LogP contribution in [-0.4, -0.2) is 36.4 Å². The van der Waals surface area contributed by atoms with Crippen LogP contribution in [0.4, 0.5) is 0 Å². The van der Waals surface area contributed by atoms with Crippen LogP contribution in [-0.2, 0) is 13.1 Å². The van der Waals surface area contributed by atoms with E-state index in [4.69, 9.17) is 4.74 Å². The Balaban J connectivity index is 1.70. The average Bonchev–Trinajstić information content (AvgIpc) is 2.99. The van der Waals surface area contributed by atoms with Crippen LogP contribution in [0.2, 0.25) is 0 Å². The Kier molecular flexibility index (Phi) is 6.47. The van der Waals surface area contributed by atoms with Gasteiger partial charge in [-0.25, -0.2) is 0 Å². The van der Waals surface area contributed by atoms with Crippen molar-refractivity contribution in [2.45, 2.75) is 26.4 Å². The highest BCUT2D eigenvalue weighted by molar-refractivity contribution is 5.79. The molecule has 0 saturated carbocycles. The predicted octanol–water partition coefficient (Wildman–Crippen LogP) is 1.96. The van der Waals surface area contributed by atoms with E-state index in [2.05, 4.69) is 33.0 Å². The highest BCUT2D eigenvalue weighted by atomic mass is 16.5. The lowest BCUT2D eigenvalue weighted by molar-refractivity contribution is 0.414. The maximum absolute atomic E-state index is 5.23. The van der Waals surface area contributed by atoms with E-state index >= 15 is 0 Å². The molecule has 6 heteroatoms. The molecule has 0 amide bonds. The number of rotatable bonds is 7. The van der Waals surface area contributed by atoms with Crippen molar-refractivity contribution in [2.24, 2.45) is 4.99 Å². The van der Waals surface area contributed by atoms with Crippen molar-refractivity contribution in [1.82, 2.24) is 20.4 Å². The van der Waals surface area contributed by atoms with Gasteiger partial charge in [-0.15, -0.1) is 0 Å². The molecule has 1 aromatic heterocycles. The van der Waals surface area contributed by atoms with Crippen molar-refractivity contribution in [2.75, 3.05) is 20.7 Å².